The number of benzene rings is 2. The number of rotatable bonds is 4. The number of ether oxygens (including phenoxy) is 1. The number of hydrogen-bond acceptors (Lipinski definition) is 5. The Labute approximate surface area is 182 Å². The van der Waals surface area contributed by atoms with E-state index in [9.17, 15) is 9.59 Å². The molecule has 2 aromatic carbocycles. The highest BCUT2D eigenvalue weighted by Gasteiger charge is 2.61. The van der Waals surface area contributed by atoms with Crippen molar-refractivity contribution < 1.29 is 18.7 Å². The molecular weight excluding hydrogens is 432 g/mol. The van der Waals surface area contributed by atoms with Crippen LogP contribution in [0.5, 0.6) is 0 Å². The van der Waals surface area contributed by atoms with Gasteiger partial charge in [0.25, 0.3) is 0 Å². The molecule has 0 aromatic heterocycles. The molecule has 0 unspecified atom stereocenters. The third kappa shape index (κ3) is 3.17. The lowest BCUT2D eigenvalue weighted by atomic mass is 9.74. The van der Waals surface area contributed by atoms with Crippen molar-refractivity contribution in [2.75, 3.05) is 12.4 Å². The van der Waals surface area contributed by atoms with Gasteiger partial charge in [-0.25, -0.2) is 4.39 Å². The summed E-state index contributed by atoms with van der Waals surface area (Å²) in [5.41, 5.74) is 6.64. The molecule has 4 atom stereocenters. The van der Waals surface area contributed by atoms with Gasteiger partial charge in [0, 0.05) is 40.7 Å². The fourth-order valence-corrected chi connectivity index (χ4v) is 4.95. The first-order valence-electron chi connectivity index (χ1n) is 9.45. The highest BCUT2D eigenvalue weighted by Crippen LogP contribution is 2.52. The van der Waals surface area contributed by atoms with E-state index in [2.05, 4.69) is 10.6 Å². The maximum absolute atomic E-state index is 15.1. The van der Waals surface area contributed by atoms with Crippen LogP contribution in [-0.4, -0.2) is 31.1 Å². The molecule has 1 spiro atoms. The summed E-state index contributed by atoms with van der Waals surface area (Å²) >= 11 is 12.1. The van der Waals surface area contributed by atoms with Crippen molar-refractivity contribution in [1.29, 1.82) is 0 Å². The zero-order chi connectivity index (χ0) is 21.6. The number of carbonyl (C=O) groups excluding carboxylic acids is 2. The Hall–Kier alpha value is -2.19. The Balaban J connectivity index is 1.86. The highest BCUT2D eigenvalue weighted by atomic mass is 35.5. The third-order valence-electron chi connectivity index (χ3n) is 5.95. The van der Waals surface area contributed by atoms with Crippen LogP contribution in [0.25, 0.3) is 0 Å². The van der Waals surface area contributed by atoms with Crippen LogP contribution in [0.2, 0.25) is 10.0 Å². The first kappa shape index (κ1) is 21.1. The Bertz CT molecular complexity index is 1030. The zero-order valence-corrected chi connectivity index (χ0v) is 17.6. The molecule has 0 bridgehead atoms. The molecule has 0 aliphatic carbocycles. The van der Waals surface area contributed by atoms with Crippen LogP contribution in [0.4, 0.5) is 10.1 Å². The minimum atomic E-state index is -1.33. The quantitative estimate of drug-likeness (QED) is 0.619. The van der Waals surface area contributed by atoms with Crippen molar-refractivity contribution in [2.45, 2.75) is 36.4 Å². The predicted molar refractivity (Wildman–Crippen MR) is 112 cm³/mol. The normalized spacial score (nSPS) is 27.2. The third-order valence-corrected chi connectivity index (χ3v) is 6.47. The fourth-order valence-electron chi connectivity index (χ4n) is 4.60. The van der Waals surface area contributed by atoms with Crippen LogP contribution < -0.4 is 16.4 Å². The summed E-state index contributed by atoms with van der Waals surface area (Å²) in [6.45, 7) is 0. The van der Waals surface area contributed by atoms with Gasteiger partial charge in [0.15, 0.2) is 0 Å². The van der Waals surface area contributed by atoms with Crippen LogP contribution in [0, 0.1) is 5.82 Å². The number of methoxy groups -OCH3 is 1. The van der Waals surface area contributed by atoms with Crippen LogP contribution >= 0.6 is 23.2 Å². The van der Waals surface area contributed by atoms with Crippen molar-refractivity contribution >= 4 is 40.8 Å². The molecule has 0 saturated carbocycles. The van der Waals surface area contributed by atoms with Gasteiger partial charge < -0.3 is 15.8 Å². The van der Waals surface area contributed by atoms with Gasteiger partial charge in [-0.2, -0.15) is 0 Å². The molecule has 30 heavy (non-hydrogen) atoms. The van der Waals surface area contributed by atoms with Gasteiger partial charge in [0.2, 0.25) is 5.91 Å². The van der Waals surface area contributed by atoms with Gasteiger partial charge in [-0.1, -0.05) is 41.4 Å². The molecule has 2 aliphatic rings. The van der Waals surface area contributed by atoms with E-state index in [1.165, 1.54) is 13.2 Å². The number of hydrogen-bond donors (Lipinski definition) is 3. The molecule has 2 heterocycles. The SMILES string of the molecule is COC(=O)CC[C@@H]1N[C@@]2(C(=O)Nc3cc(Cl)ccc32)[C@@H](c2cccc(Cl)c2F)[C@@H]1N. The van der Waals surface area contributed by atoms with Crippen molar-refractivity contribution in [3.8, 4) is 0 Å². The second-order valence-corrected chi connectivity index (χ2v) is 8.36. The second kappa shape index (κ2) is 7.81. The number of amides is 1. The van der Waals surface area contributed by atoms with E-state index < -0.39 is 35.3 Å². The highest BCUT2D eigenvalue weighted by molar-refractivity contribution is 6.31. The fraction of sp³-hybridized carbons (Fsp3) is 0.333. The lowest BCUT2D eigenvalue weighted by Gasteiger charge is -2.31. The average molecular weight is 452 g/mol. The van der Waals surface area contributed by atoms with Gasteiger partial charge in [-0.05, 0) is 30.2 Å². The summed E-state index contributed by atoms with van der Waals surface area (Å²) in [7, 11) is 1.31. The van der Waals surface area contributed by atoms with Gasteiger partial charge in [-0.3, -0.25) is 14.9 Å². The maximum Gasteiger partial charge on any atom is 0.305 e. The Morgan fingerprint density at radius 3 is 2.80 bits per heavy atom. The Morgan fingerprint density at radius 1 is 1.30 bits per heavy atom. The average Bonchev–Trinajstić information content (AvgIpc) is 3.16. The van der Waals surface area contributed by atoms with Crippen molar-refractivity contribution in [2.24, 2.45) is 5.73 Å². The summed E-state index contributed by atoms with van der Waals surface area (Å²) in [6, 6.07) is 8.57. The molecule has 1 fully saturated rings. The van der Waals surface area contributed by atoms with E-state index in [0.29, 0.717) is 22.7 Å². The first-order chi connectivity index (χ1) is 14.3. The maximum atomic E-state index is 15.1. The molecule has 6 nitrogen and oxygen atoms in total. The smallest absolute Gasteiger partial charge is 0.305 e. The molecule has 9 heteroatoms. The molecule has 2 aliphatic heterocycles. The summed E-state index contributed by atoms with van der Waals surface area (Å²) in [6.07, 6.45) is 0.433. The van der Waals surface area contributed by atoms with Crippen LogP contribution in [0.3, 0.4) is 0 Å². The zero-order valence-electron chi connectivity index (χ0n) is 16.0. The van der Waals surface area contributed by atoms with E-state index in [1.807, 2.05) is 0 Å². The number of anilines is 1. The van der Waals surface area contributed by atoms with Crippen LogP contribution in [-0.2, 0) is 19.9 Å². The summed E-state index contributed by atoms with van der Waals surface area (Å²) in [5, 5.41) is 6.56. The van der Waals surface area contributed by atoms with Crippen molar-refractivity contribution in [3.63, 3.8) is 0 Å². The van der Waals surface area contributed by atoms with E-state index in [0.717, 1.165) is 0 Å². The number of fused-ring (bicyclic) bond motifs is 2. The first-order valence-corrected chi connectivity index (χ1v) is 10.2. The molecule has 158 valence electrons. The molecule has 4 rings (SSSR count). The monoisotopic (exact) mass is 451 g/mol. The number of nitrogens with one attached hydrogen (secondary N) is 2. The van der Waals surface area contributed by atoms with E-state index >= 15 is 4.39 Å². The summed E-state index contributed by atoms with van der Waals surface area (Å²) in [4.78, 5) is 25.0. The van der Waals surface area contributed by atoms with Crippen LogP contribution in [0.1, 0.15) is 29.9 Å². The number of esters is 1. The van der Waals surface area contributed by atoms with Gasteiger partial charge in [0.05, 0.1) is 12.1 Å². The second-order valence-electron chi connectivity index (χ2n) is 7.52. The standard InChI is InChI=1S/C21H20Cl2FN3O3/c1-30-16(28)8-7-14-19(25)17(11-3-2-4-13(23)18(11)24)21(27-14)12-6-5-10(22)9-15(12)26-20(21)29/h2-6,9,14,17,19,27H,7-8,25H2,1H3,(H,26,29)/t14-,17-,19+,21+/m0/s1. The minimum absolute atomic E-state index is 0.0532. The van der Waals surface area contributed by atoms with Gasteiger partial charge in [-0.15, -0.1) is 0 Å². The lowest BCUT2D eigenvalue weighted by Crippen LogP contribution is -2.49. The molecular formula is C21H20Cl2FN3O3. The van der Waals surface area contributed by atoms with Crippen molar-refractivity contribution in [3.05, 3.63) is 63.4 Å². The van der Waals surface area contributed by atoms with E-state index in [4.69, 9.17) is 33.7 Å². The van der Waals surface area contributed by atoms with Crippen molar-refractivity contribution in [1.82, 2.24) is 5.32 Å². The number of carbonyl (C=O) groups is 2. The molecule has 1 amide bonds. The molecule has 2 aromatic rings. The number of nitrogens with two attached hydrogens (primary N) is 1. The lowest BCUT2D eigenvalue weighted by molar-refractivity contribution is -0.140. The largest absolute Gasteiger partial charge is 0.469 e. The number of halogens is 3. The molecule has 4 N–H and O–H groups in total. The topological polar surface area (TPSA) is 93.4 Å². The summed E-state index contributed by atoms with van der Waals surface area (Å²) < 4.78 is 19.8. The van der Waals surface area contributed by atoms with Crippen LogP contribution in [0.15, 0.2) is 36.4 Å². The van der Waals surface area contributed by atoms with Gasteiger partial charge in [0.1, 0.15) is 11.4 Å². The summed E-state index contributed by atoms with van der Waals surface area (Å²) in [5.74, 6) is -2.13. The van der Waals surface area contributed by atoms with E-state index in [-0.39, 0.29) is 22.9 Å². The minimum Gasteiger partial charge on any atom is -0.469 e. The Morgan fingerprint density at radius 2 is 2.07 bits per heavy atom. The predicted octanol–water partition coefficient (Wildman–Crippen LogP) is 3.32. The molecule has 0 radical (unpaired) electrons. The van der Waals surface area contributed by atoms with Gasteiger partial charge >= 0.3 is 5.97 Å². The molecule has 1 saturated heterocycles. The van der Waals surface area contributed by atoms with E-state index in [1.54, 1.807) is 30.3 Å². The Kier molecular flexibility index (Phi) is 5.48.